The summed E-state index contributed by atoms with van der Waals surface area (Å²) >= 11 is 0. The zero-order valence-electron chi connectivity index (χ0n) is 6.03. The molecule has 2 N–H and O–H groups in total. The summed E-state index contributed by atoms with van der Waals surface area (Å²) in [6.45, 7) is 4.96. The van der Waals surface area contributed by atoms with Gasteiger partial charge in [-0.05, 0) is 6.92 Å². The van der Waals surface area contributed by atoms with Gasteiger partial charge in [0, 0.05) is 6.42 Å². The first kappa shape index (κ1) is 8.54. The maximum Gasteiger partial charge on any atom is 0.177 e. The minimum absolute atomic E-state index is 0.269. The molecule has 3 nitrogen and oxygen atoms in total. The Hall–Kier alpha value is -0.560. The fourth-order valence-corrected chi connectivity index (χ4v) is 1.13. The molecular formula is C8H10O3. The summed E-state index contributed by atoms with van der Waals surface area (Å²) in [5.41, 5.74) is -1.28. The lowest BCUT2D eigenvalue weighted by atomic mass is 9.99. The van der Waals surface area contributed by atoms with Crippen LogP contribution in [-0.2, 0) is 4.74 Å². The van der Waals surface area contributed by atoms with E-state index in [0.717, 1.165) is 0 Å². The van der Waals surface area contributed by atoms with E-state index in [0.29, 0.717) is 0 Å². The van der Waals surface area contributed by atoms with Crippen LogP contribution in [0.5, 0.6) is 0 Å². The Morgan fingerprint density at radius 3 is 2.55 bits per heavy atom. The third kappa shape index (κ3) is 1.25. The third-order valence-corrected chi connectivity index (χ3v) is 1.83. The molecule has 11 heavy (non-hydrogen) atoms. The number of terminal acetylenes is 1. The topological polar surface area (TPSA) is 49.7 Å². The molecule has 1 aliphatic rings. The average Bonchev–Trinajstić information content (AvgIpc) is 2.27. The van der Waals surface area contributed by atoms with Gasteiger partial charge in [-0.25, -0.2) is 0 Å². The summed E-state index contributed by atoms with van der Waals surface area (Å²) in [6, 6.07) is 0. The van der Waals surface area contributed by atoms with Gasteiger partial charge in [-0.1, -0.05) is 5.92 Å². The predicted octanol–water partition coefficient (Wildman–Crippen LogP) is -0.788. The Morgan fingerprint density at radius 2 is 2.36 bits per heavy atom. The van der Waals surface area contributed by atoms with Crippen molar-refractivity contribution in [3.8, 4) is 12.3 Å². The normalized spacial score (nSPS) is 43.8. The first-order valence-corrected chi connectivity index (χ1v) is 3.34. The van der Waals surface area contributed by atoms with Gasteiger partial charge in [0.05, 0.1) is 18.8 Å². The second-order valence-corrected chi connectivity index (χ2v) is 2.60. The molecule has 0 saturated carbocycles. The minimum atomic E-state index is -1.28. The Balaban J connectivity index is 2.78. The number of ether oxygens (including phenoxy) is 1. The Labute approximate surface area is 66.0 Å². The first-order chi connectivity index (χ1) is 5.14. The first-order valence-electron chi connectivity index (χ1n) is 3.34. The third-order valence-electron chi connectivity index (χ3n) is 1.83. The van der Waals surface area contributed by atoms with Crippen LogP contribution in [0.25, 0.3) is 0 Å². The van der Waals surface area contributed by atoms with Gasteiger partial charge in [0.15, 0.2) is 5.60 Å². The van der Waals surface area contributed by atoms with Crippen LogP contribution in [0.2, 0.25) is 0 Å². The summed E-state index contributed by atoms with van der Waals surface area (Å²) in [4.78, 5) is 0. The molecule has 0 amide bonds. The van der Waals surface area contributed by atoms with Crippen molar-refractivity contribution in [2.75, 3.05) is 6.61 Å². The van der Waals surface area contributed by atoms with Crippen molar-refractivity contribution in [2.24, 2.45) is 0 Å². The zero-order valence-corrected chi connectivity index (χ0v) is 6.03. The SMILES string of the molecule is [CH][C@H]1C[C@@H](O)[C@@](C#C)(CO)O1. The van der Waals surface area contributed by atoms with Crippen molar-refractivity contribution < 1.29 is 14.9 Å². The number of hydrogen-bond acceptors (Lipinski definition) is 3. The van der Waals surface area contributed by atoms with E-state index in [4.69, 9.17) is 23.2 Å². The zero-order chi connectivity index (χ0) is 8.48. The van der Waals surface area contributed by atoms with Crippen LogP contribution < -0.4 is 0 Å². The largest absolute Gasteiger partial charge is 0.392 e. The molecule has 1 rings (SSSR count). The molecule has 0 aliphatic carbocycles. The van der Waals surface area contributed by atoms with Gasteiger partial charge >= 0.3 is 0 Å². The summed E-state index contributed by atoms with van der Waals surface area (Å²) < 4.78 is 5.00. The molecule has 0 bridgehead atoms. The van der Waals surface area contributed by atoms with Crippen LogP contribution in [0.3, 0.4) is 0 Å². The van der Waals surface area contributed by atoms with Crippen molar-refractivity contribution in [1.82, 2.24) is 0 Å². The second-order valence-electron chi connectivity index (χ2n) is 2.60. The molecule has 60 valence electrons. The van der Waals surface area contributed by atoms with Gasteiger partial charge in [0.25, 0.3) is 0 Å². The number of hydrogen-bond donors (Lipinski definition) is 2. The van der Waals surface area contributed by atoms with Crippen LogP contribution in [0.15, 0.2) is 0 Å². The van der Waals surface area contributed by atoms with Gasteiger partial charge in [0.1, 0.15) is 0 Å². The smallest absolute Gasteiger partial charge is 0.177 e. The molecular weight excluding hydrogens is 144 g/mol. The van der Waals surface area contributed by atoms with Gasteiger partial charge < -0.3 is 14.9 Å². The second kappa shape index (κ2) is 2.82. The molecule has 1 fully saturated rings. The van der Waals surface area contributed by atoms with E-state index in [1.54, 1.807) is 0 Å². The van der Waals surface area contributed by atoms with E-state index in [1.807, 2.05) is 0 Å². The van der Waals surface area contributed by atoms with E-state index in [1.165, 1.54) is 0 Å². The van der Waals surface area contributed by atoms with Crippen molar-refractivity contribution in [1.29, 1.82) is 0 Å². The maximum absolute atomic E-state index is 9.30. The molecule has 0 aromatic rings. The lowest BCUT2D eigenvalue weighted by Gasteiger charge is -2.23. The van der Waals surface area contributed by atoms with Crippen LogP contribution >= 0.6 is 0 Å². The van der Waals surface area contributed by atoms with Crippen LogP contribution in [0.4, 0.5) is 0 Å². The number of rotatable bonds is 1. The van der Waals surface area contributed by atoms with E-state index < -0.39 is 24.4 Å². The fraction of sp³-hybridized carbons (Fsp3) is 0.625. The van der Waals surface area contributed by atoms with Gasteiger partial charge in [0.2, 0.25) is 0 Å². The van der Waals surface area contributed by atoms with Crippen LogP contribution in [-0.4, -0.2) is 34.6 Å². The highest BCUT2D eigenvalue weighted by atomic mass is 16.5. The number of aliphatic hydroxyl groups is 2. The molecule has 0 spiro atoms. The highest BCUT2D eigenvalue weighted by Crippen LogP contribution is 2.29. The summed E-state index contributed by atoms with van der Waals surface area (Å²) in [5, 5.41) is 18.1. The van der Waals surface area contributed by atoms with E-state index >= 15 is 0 Å². The van der Waals surface area contributed by atoms with Crippen molar-refractivity contribution in [2.45, 2.75) is 24.2 Å². The summed E-state index contributed by atoms with van der Waals surface area (Å²) in [5.74, 6) is 2.21. The average molecular weight is 154 g/mol. The van der Waals surface area contributed by atoms with Crippen LogP contribution in [0.1, 0.15) is 6.42 Å². The highest BCUT2D eigenvalue weighted by Gasteiger charge is 2.45. The highest BCUT2D eigenvalue weighted by molar-refractivity contribution is 5.16. The van der Waals surface area contributed by atoms with E-state index in [2.05, 4.69) is 5.92 Å². The molecule has 3 heteroatoms. The summed E-state index contributed by atoms with van der Waals surface area (Å²) in [6.07, 6.45) is 3.91. The standard InChI is InChI=1S/C8H10O3/c1-3-8(5-9)7(10)4-6(2)11-8/h1-2,6-7,9-10H,4-5H2/t6-,7+,8+/m0/s1. The molecule has 2 radical (unpaired) electrons. The monoisotopic (exact) mass is 154 g/mol. The molecule has 1 aliphatic heterocycles. The van der Waals surface area contributed by atoms with Crippen molar-refractivity contribution in [3.05, 3.63) is 6.92 Å². The van der Waals surface area contributed by atoms with Gasteiger partial charge in [-0.2, -0.15) is 0 Å². The molecule has 0 aromatic carbocycles. The molecule has 1 saturated heterocycles. The maximum atomic E-state index is 9.30. The van der Waals surface area contributed by atoms with E-state index in [9.17, 15) is 5.11 Å². The summed E-state index contributed by atoms with van der Waals surface area (Å²) in [7, 11) is 0. The molecule has 3 atom stereocenters. The molecule has 0 aromatic heterocycles. The Bertz CT molecular complexity index is 184. The van der Waals surface area contributed by atoms with Gasteiger partial charge in [-0.15, -0.1) is 6.42 Å². The fourth-order valence-electron chi connectivity index (χ4n) is 1.13. The Kier molecular flexibility index (Phi) is 2.19. The van der Waals surface area contributed by atoms with Crippen molar-refractivity contribution in [3.63, 3.8) is 0 Å². The Morgan fingerprint density at radius 1 is 1.73 bits per heavy atom. The number of aliphatic hydroxyl groups excluding tert-OH is 2. The van der Waals surface area contributed by atoms with E-state index in [-0.39, 0.29) is 6.42 Å². The van der Waals surface area contributed by atoms with Crippen molar-refractivity contribution >= 4 is 0 Å². The van der Waals surface area contributed by atoms with Crippen LogP contribution in [0, 0.1) is 19.3 Å². The van der Waals surface area contributed by atoms with Gasteiger partial charge in [-0.3, -0.25) is 0 Å². The lowest BCUT2D eigenvalue weighted by molar-refractivity contribution is -0.0620. The predicted molar refractivity (Wildman–Crippen MR) is 38.4 cm³/mol. The minimum Gasteiger partial charge on any atom is -0.392 e. The molecule has 1 heterocycles. The quantitative estimate of drug-likeness (QED) is 0.487. The molecule has 0 unspecified atom stereocenters. The lowest BCUT2D eigenvalue weighted by Crippen LogP contribution is -2.41.